The zero-order valence-electron chi connectivity index (χ0n) is 15.9. The number of benzene rings is 1. The van der Waals surface area contributed by atoms with Crippen LogP contribution >= 0.6 is 0 Å². The number of rotatable bonds is 8. The van der Waals surface area contributed by atoms with Crippen LogP contribution in [-0.4, -0.2) is 40.6 Å². The first-order valence-electron chi connectivity index (χ1n) is 8.97. The van der Waals surface area contributed by atoms with Gasteiger partial charge < -0.3 is 19.9 Å². The molecule has 0 saturated heterocycles. The Morgan fingerprint density at radius 2 is 1.89 bits per heavy atom. The van der Waals surface area contributed by atoms with Crippen molar-refractivity contribution in [2.75, 3.05) is 25.5 Å². The summed E-state index contributed by atoms with van der Waals surface area (Å²) < 4.78 is 7.03. The molecule has 3 rings (SSSR count). The van der Waals surface area contributed by atoms with Crippen molar-refractivity contribution in [1.29, 1.82) is 0 Å². The number of nitrogens with zero attached hydrogens (tertiary/aromatic N) is 3. The fraction of sp³-hybridized carbons (Fsp3) is 0.190. The molecule has 2 aromatic heterocycles. The molecule has 0 aliphatic heterocycles. The van der Waals surface area contributed by atoms with Crippen molar-refractivity contribution in [2.45, 2.75) is 6.92 Å². The summed E-state index contributed by atoms with van der Waals surface area (Å²) in [5, 5.41) is 6.05. The summed E-state index contributed by atoms with van der Waals surface area (Å²) in [6, 6.07) is 13.3. The lowest BCUT2D eigenvalue weighted by atomic mass is 10.2. The van der Waals surface area contributed by atoms with Crippen molar-refractivity contribution >= 4 is 17.8 Å². The third-order valence-electron chi connectivity index (χ3n) is 3.97. The average molecular weight is 377 g/mol. The van der Waals surface area contributed by atoms with Crippen LogP contribution in [0.25, 0.3) is 11.9 Å². The lowest BCUT2D eigenvalue weighted by Gasteiger charge is -2.09. The highest BCUT2D eigenvalue weighted by atomic mass is 16.5. The van der Waals surface area contributed by atoms with E-state index < -0.39 is 0 Å². The Hall–Kier alpha value is -3.61. The number of nitrogens with one attached hydrogen (secondary N) is 2. The summed E-state index contributed by atoms with van der Waals surface area (Å²) in [4.78, 5) is 20.7. The maximum absolute atomic E-state index is 11.9. The molecular weight excluding hydrogens is 354 g/mol. The quantitative estimate of drug-likeness (QED) is 0.466. The van der Waals surface area contributed by atoms with Gasteiger partial charge >= 0.3 is 0 Å². The highest BCUT2D eigenvalue weighted by Gasteiger charge is 2.03. The lowest BCUT2D eigenvalue weighted by Crippen LogP contribution is -2.27. The topological polar surface area (TPSA) is 81.1 Å². The molecular formula is C21H23N5O2. The predicted octanol–water partition coefficient (Wildman–Crippen LogP) is 2.83. The number of methoxy groups -OCH3 is 1. The molecule has 0 unspecified atom stereocenters. The van der Waals surface area contributed by atoms with Crippen LogP contribution in [0.5, 0.6) is 5.75 Å². The second-order valence-electron chi connectivity index (χ2n) is 6.07. The second-order valence-corrected chi connectivity index (χ2v) is 6.07. The van der Waals surface area contributed by atoms with Crippen molar-refractivity contribution in [3.63, 3.8) is 0 Å². The number of carbonyl (C=O) groups excluding carboxylic acids is 1. The van der Waals surface area contributed by atoms with Crippen molar-refractivity contribution in [3.05, 3.63) is 72.3 Å². The summed E-state index contributed by atoms with van der Waals surface area (Å²) >= 11 is 0. The normalized spacial score (nSPS) is 10.8. The van der Waals surface area contributed by atoms with E-state index in [4.69, 9.17) is 4.74 Å². The van der Waals surface area contributed by atoms with Crippen molar-refractivity contribution in [2.24, 2.45) is 0 Å². The van der Waals surface area contributed by atoms with E-state index in [1.807, 2.05) is 66.3 Å². The standard InChI is InChI=1S/C21H23N5O2/c1-16-24-19(15-20(25-16)26-13-3-4-14-26)22-11-12-23-21(27)10-7-17-5-8-18(28-2)9-6-17/h3-10,13-15H,11-12H2,1-2H3,(H,23,27)(H,22,24,25)/b10-7+. The molecule has 0 bridgehead atoms. The van der Waals surface area contributed by atoms with Crippen LogP contribution in [0.3, 0.4) is 0 Å². The van der Waals surface area contributed by atoms with Gasteiger partial charge in [0.15, 0.2) is 0 Å². The van der Waals surface area contributed by atoms with Gasteiger partial charge in [0.05, 0.1) is 7.11 Å². The van der Waals surface area contributed by atoms with Crippen LogP contribution in [0.15, 0.2) is 60.9 Å². The van der Waals surface area contributed by atoms with Crippen LogP contribution in [0, 0.1) is 6.92 Å². The van der Waals surface area contributed by atoms with Crippen LogP contribution in [0.2, 0.25) is 0 Å². The Kier molecular flexibility index (Phi) is 6.41. The number of aryl methyl sites for hydroxylation is 1. The highest BCUT2D eigenvalue weighted by molar-refractivity contribution is 5.91. The summed E-state index contributed by atoms with van der Waals surface area (Å²) in [6.45, 7) is 2.89. The summed E-state index contributed by atoms with van der Waals surface area (Å²) in [5.41, 5.74) is 0.933. The van der Waals surface area contributed by atoms with Gasteiger partial charge in [-0.2, -0.15) is 0 Å². The summed E-state index contributed by atoms with van der Waals surface area (Å²) in [6.07, 6.45) is 7.14. The molecule has 3 aromatic rings. The minimum Gasteiger partial charge on any atom is -0.497 e. The molecule has 1 aromatic carbocycles. The molecule has 1 amide bonds. The van der Waals surface area contributed by atoms with Gasteiger partial charge in [0.1, 0.15) is 23.2 Å². The third kappa shape index (κ3) is 5.44. The summed E-state index contributed by atoms with van der Waals surface area (Å²) in [5.74, 6) is 2.84. The van der Waals surface area contributed by atoms with Gasteiger partial charge in [-0.3, -0.25) is 4.79 Å². The molecule has 0 spiro atoms. The van der Waals surface area contributed by atoms with E-state index in [-0.39, 0.29) is 5.91 Å². The molecule has 2 heterocycles. The Bertz CT molecular complexity index is 934. The zero-order valence-corrected chi connectivity index (χ0v) is 15.9. The Morgan fingerprint density at radius 3 is 2.61 bits per heavy atom. The smallest absolute Gasteiger partial charge is 0.244 e. The molecule has 0 radical (unpaired) electrons. The van der Waals surface area contributed by atoms with E-state index in [1.165, 1.54) is 6.08 Å². The largest absolute Gasteiger partial charge is 0.497 e. The molecule has 0 fully saturated rings. The third-order valence-corrected chi connectivity index (χ3v) is 3.97. The number of hydrogen-bond donors (Lipinski definition) is 2. The molecule has 0 saturated carbocycles. The van der Waals surface area contributed by atoms with Gasteiger partial charge in [0.2, 0.25) is 5.91 Å². The Labute approximate surface area is 164 Å². The molecule has 2 N–H and O–H groups in total. The average Bonchev–Trinajstić information content (AvgIpc) is 3.25. The predicted molar refractivity (Wildman–Crippen MR) is 110 cm³/mol. The van der Waals surface area contributed by atoms with Crippen LogP contribution < -0.4 is 15.4 Å². The molecule has 28 heavy (non-hydrogen) atoms. The van der Waals surface area contributed by atoms with E-state index in [0.717, 1.165) is 22.9 Å². The first-order chi connectivity index (χ1) is 13.6. The van der Waals surface area contributed by atoms with Crippen LogP contribution in [0.1, 0.15) is 11.4 Å². The van der Waals surface area contributed by atoms with E-state index >= 15 is 0 Å². The lowest BCUT2D eigenvalue weighted by molar-refractivity contribution is -0.116. The maximum atomic E-state index is 11.9. The highest BCUT2D eigenvalue weighted by Crippen LogP contribution is 2.12. The number of carbonyl (C=O) groups is 1. The van der Waals surface area contributed by atoms with E-state index in [9.17, 15) is 4.79 Å². The fourth-order valence-electron chi connectivity index (χ4n) is 2.58. The Balaban J connectivity index is 1.46. The van der Waals surface area contributed by atoms with Crippen molar-refractivity contribution in [3.8, 4) is 11.6 Å². The maximum Gasteiger partial charge on any atom is 0.244 e. The fourth-order valence-corrected chi connectivity index (χ4v) is 2.58. The number of hydrogen-bond acceptors (Lipinski definition) is 5. The molecule has 7 heteroatoms. The van der Waals surface area contributed by atoms with Crippen LogP contribution in [0.4, 0.5) is 5.82 Å². The molecule has 144 valence electrons. The Morgan fingerprint density at radius 1 is 1.14 bits per heavy atom. The number of ether oxygens (including phenoxy) is 1. The second kappa shape index (κ2) is 9.36. The molecule has 0 aliphatic rings. The van der Waals surface area contributed by atoms with Crippen molar-refractivity contribution < 1.29 is 9.53 Å². The minimum atomic E-state index is -0.149. The minimum absolute atomic E-state index is 0.149. The SMILES string of the molecule is COc1ccc(/C=C/C(=O)NCCNc2cc(-n3cccc3)nc(C)n2)cc1. The first-order valence-corrected chi connectivity index (χ1v) is 8.97. The summed E-state index contributed by atoms with van der Waals surface area (Å²) in [7, 11) is 1.62. The van der Waals surface area contributed by atoms with Gasteiger partial charge in [-0.1, -0.05) is 12.1 Å². The van der Waals surface area contributed by atoms with E-state index in [2.05, 4.69) is 20.6 Å². The van der Waals surface area contributed by atoms with Gasteiger partial charge in [-0.15, -0.1) is 0 Å². The van der Waals surface area contributed by atoms with E-state index in [0.29, 0.717) is 18.9 Å². The van der Waals surface area contributed by atoms with Gasteiger partial charge in [-0.25, -0.2) is 9.97 Å². The van der Waals surface area contributed by atoms with E-state index in [1.54, 1.807) is 13.2 Å². The zero-order chi connectivity index (χ0) is 19.8. The monoisotopic (exact) mass is 377 g/mol. The molecule has 0 atom stereocenters. The number of amides is 1. The number of anilines is 1. The molecule has 0 aliphatic carbocycles. The van der Waals surface area contributed by atoms with Crippen LogP contribution in [-0.2, 0) is 4.79 Å². The van der Waals surface area contributed by atoms with Crippen molar-refractivity contribution in [1.82, 2.24) is 19.9 Å². The molecule has 7 nitrogen and oxygen atoms in total. The number of aromatic nitrogens is 3. The van der Waals surface area contributed by atoms with Gasteiger partial charge in [0, 0.05) is 37.6 Å². The van der Waals surface area contributed by atoms with Gasteiger partial charge in [-0.05, 0) is 42.8 Å². The van der Waals surface area contributed by atoms with Gasteiger partial charge in [0.25, 0.3) is 0 Å². The first kappa shape index (κ1) is 19.2.